The summed E-state index contributed by atoms with van der Waals surface area (Å²) >= 11 is 0. The van der Waals surface area contributed by atoms with Crippen molar-refractivity contribution in [3.8, 4) is 0 Å². The number of amides is 1. The Kier molecular flexibility index (Phi) is 4.13. The summed E-state index contributed by atoms with van der Waals surface area (Å²) in [4.78, 5) is 26.5. The zero-order valence-electron chi connectivity index (χ0n) is 14.2. The molecule has 0 saturated carbocycles. The van der Waals surface area contributed by atoms with Gasteiger partial charge in [-0.15, -0.1) is 0 Å². The molecule has 130 valence electrons. The van der Waals surface area contributed by atoms with Gasteiger partial charge in [0.2, 0.25) is 0 Å². The first kappa shape index (κ1) is 16.9. The van der Waals surface area contributed by atoms with Crippen LogP contribution in [0.5, 0.6) is 0 Å². The molecule has 1 amide bonds. The van der Waals surface area contributed by atoms with Crippen molar-refractivity contribution in [2.24, 2.45) is 0 Å². The van der Waals surface area contributed by atoms with Gasteiger partial charge in [0.1, 0.15) is 0 Å². The third kappa shape index (κ3) is 2.80. The number of carboxylic acid groups (broad SMARTS) is 1. The Balaban J connectivity index is 1.91. The predicted molar refractivity (Wildman–Crippen MR) is 86.2 cm³/mol. The Labute approximate surface area is 141 Å². The molecule has 24 heavy (non-hydrogen) atoms. The number of hydrogen-bond acceptors (Lipinski definition) is 4. The number of ether oxygens (including phenoxy) is 2. The van der Waals surface area contributed by atoms with E-state index in [2.05, 4.69) is 0 Å². The standard InChI is InChI=1S/C18H23NO5/c1-17(2)23-14(15(20)21)18(3,24-17)16(22)19-11-7-10-13(19)12-8-5-4-6-9-12/h4-6,8-9,13-14H,7,10-11H2,1-3H3,(H,20,21)/t13?,14-,18+/m0/s1. The molecule has 0 radical (unpaired) electrons. The third-order valence-corrected chi connectivity index (χ3v) is 4.71. The molecule has 1 aromatic rings. The topological polar surface area (TPSA) is 76.1 Å². The molecule has 2 aliphatic heterocycles. The van der Waals surface area contributed by atoms with E-state index in [1.54, 1.807) is 18.7 Å². The fourth-order valence-electron chi connectivity index (χ4n) is 3.74. The van der Waals surface area contributed by atoms with Gasteiger partial charge in [0.05, 0.1) is 6.04 Å². The molecule has 2 aliphatic rings. The van der Waals surface area contributed by atoms with Gasteiger partial charge in [-0.2, -0.15) is 0 Å². The predicted octanol–water partition coefficient (Wildman–Crippen LogP) is 2.34. The molecule has 2 fully saturated rings. The second-order valence-electron chi connectivity index (χ2n) is 7.01. The average Bonchev–Trinajstić information content (AvgIpc) is 3.10. The lowest BCUT2D eigenvalue weighted by Crippen LogP contribution is -2.55. The summed E-state index contributed by atoms with van der Waals surface area (Å²) in [6.45, 7) is 5.35. The zero-order valence-corrected chi connectivity index (χ0v) is 14.2. The van der Waals surface area contributed by atoms with Crippen LogP contribution >= 0.6 is 0 Å². The summed E-state index contributed by atoms with van der Waals surface area (Å²) < 4.78 is 11.3. The van der Waals surface area contributed by atoms with E-state index < -0.39 is 23.5 Å². The summed E-state index contributed by atoms with van der Waals surface area (Å²) in [6.07, 6.45) is 0.411. The van der Waals surface area contributed by atoms with E-state index in [4.69, 9.17) is 9.47 Å². The number of carbonyl (C=O) groups excluding carboxylic acids is 1. The van der Waals surface area contributed by atoms with Crippen LogP contribution in [0.2, 0.25) is 0 Å². The summed E-state index contributed by atoms with van der Waals surface area (Å²) in [5.41, 5.74) is -0.482. The van der Waals surface area contributed by atoms with Gasteiger partial charge in [-0.1, -0.05) is 30.3 Å². The van der Waals surface area contributed by atoms with E-state index in [0.29, 0.717) is 6.54 Å². The summed E-state index contributed by atoms with van der Waals surface area (Å²) in [7, 11) is 0. The quantitative estimate of drug-likeness (QED) is 0.919. The molecule has 2 saturated heterocycles. The van der Waals surface area contributed by atoms with Crippen molar-refractivity contribution in [1.82, 2.24) is 4.90 Å². The highest BCUT2D eigenvalue weighted by atomic mass is 16.8. The minimum Gasteiger partial charge on any atom is -0.479 e. The lowest BCUT2D eigenvalue weighted by Gasteiger charge is -2.34. The highest BCUT2D eigenvalue weighted by Gasteiger charge is 2.60. The van der Waals surface area contributed by atoms with Gasteiger partial charge in [0.25, 0.3) is 5.91 Å². The smallest absolute Gasteiger partial charge is 0.336 e. The van der Waals surface area contributed by atoms with Gasteiger partial charge in [-0.05, 0) is 39.2 Å². The van der Waals surface area contributed by atoms with Gasteiger partial charge in [0.15, 0.2) is 17.5 Å². The molecule has 1 aromatic carbocycles. The molecule has 0 spiro atoms. The molecule has 1 unspecified atom stereocenters. The number of benzene rings is 1. The number of aliphatic carboxylic acids is 1. The summed E-state index contributed by atoms with van der Waals surface area (Å²) in [5, 5.41) is 9.48. The number of likely N-dealkylation sites (tertiary alicyclic amines) is 1. The van der Waals surface area contributed by atoms with Crippen molar-refractivity contribution >= 4 is 11.9 Å². The van der Waals surface area contributed by atoms with Crippen molar-refractivity contribution in [2.45, 2.75) is 57.1 Å². The summed E-state index contributed by atoms with van der Waals surface area (Å²) in [6, 6.07) is 9.74. The Hall–Kier alpha value is -1.92. The SMILES string of the molecule is CC1(C)O[C@@H](C(=O)O)[C@](C)(C(=O)N2CCCC2c2ccccc2)O1. The molecule has 0 bridgehead atoms. The Morgan fingerprint density at radius 3 is 2.50 bits per heavy atom. The normalized spacial score (nSPS) is 32.0. The van der Waals surface area contributed by atoms with Gasteiger partial charge in [0, 0.05) is 6.54 Å². The van der Waals surface area contributed by atoms with Crippen LogP contribution in [0.1, 0.15) is 45.2 Å². The van der Waals surface area contributed by atoms with Crippen LogP contribution < -0.4 is 0 Å². The molecule has 3 rings (SSSR count). The van der Waals surface area contributed by atoms with Crippen LogP contribution in [0, 0.1) is 0 Å². The Morgan fingerprint density at radius 2 is 1.88 bits per heavy atom. The monoisotopic (exact) mass is 333 g/mol. The van der Waals surface area contributed by atoms with E-state index in [0.717, 1.165) is 18.4 Å². The lowest BCUT2D eigenvalue weighted by molar-refractivity contribution is -0.178. The van der Waals surface area contributed by atoms with Crippen LogP contribution in [0.4, 0.5) is 0 Å². The second kappa shape index (κ2) is 5.86. The van der Waals surface area contributed by atoms with Crippen molar-refractivity contribution in [3.63, 3.8) is 0 Å². The fourth-order valence-corrected chi connectivity index (χ4v) is 3.74. The van der Waals surface area contributed by atoms with Gasteiger partial charge in [-0.3, -0.25) is 4.79 Å². The summed E-state index contributed by atoms with van der Waals surface area (Å²) in [5.74, 6) is -2.63. The molecule has 3 atom stereocenters. The van der Waals surface area contributed by atoms with Gasteiger partial charge < -0.3 is 19.5 Å². The van der Waals surface area contributed by atoms with E-state index in [1.165, 1.54) is 6.92 Å². The third-order valence-electron chi connectivity index (χ3n) is 4.71. The minimum atomic E-state index is -1.54. The first-order chi connectivity index (χ1) is 11.2. The molecule has 0 aliphatic carbocycles. The highest BCUT2D eigenvalue weighted by molar-refractivity contribution is 5.92. The van der Waals surface area contributed by atoms with Crippen LogP contribution in [0.25, 0.3) is 0 Å². The number of carboxylic acids is 1. The molecule has 6 heteroatoms. The van der Waals surface area contributed by atoms with E-state index >= 15 is 0 Å². The van der Waals surface area contributed by atoms with E-state index in [-0.39, 0.29) is 11.9 Å². The van der Waals surface area contributed by atoms with Crippen LogP contribution in [-0.2, 0) is 19.1 Å². The van der Waals surface area contributed by atoms with Crippen molar-refractivity contribution in [1.29, 1.82) is 0 Å². The lowest BCUT2D eigenvalue weighted by atomic mass is 9.95. The maximum atomic E-state index is 13.2. The minimum absolute atomic E-state index is 0.0581. The van der Waals surface area contributed by atoms with E-state index in [9.17, 15) is 14.7 Å². The van der Waals surface area contributed by atoms with Crippen LogP contribution in [-0.4, -0.2) is 45.9 Å². The number of nitrogens with zero attached hydrogens (tertiary/aromatic N) is 1. The molecule has 0 aromatic heterocycles. The molecule has 1 N–H and O–H groups in total. The first-order valence-electron chi connectivity index (χ1n) is 8.21. The maximum Gasteiger partial charge on any atom is 0.336 e. The molecular weight excluding hydrogens is 310 g/mol. The molecule has 2 heterocycles. The first-order valence-corrected chi connectivity index (χ1v) is 8.21. The largest absolute Gasteiger partial charge is 0.479 e. The molecule has 6 nitrogen and oxygen atoms in total. The van der Waals surface area contributed by atoms with Crippen molar-refractivity contribution in [3.05, 3.63) is 35.9 Å². The number of hydrogen-bond donors (Lipinski definition) is 1. The van der Waals surface area contributed by atoms with Crippen LogP contribution in [0.15, 0.2) is 30.3 Å². The number of carbonyl (C=O) groups is 2. The highest BCUT2D eigenvalue weighted by Crippen LogP contribution is 2.41. The Morgan fingerprint density at radius 1 is 1.21 bits per heavy atom. The van der Waals surface area contributed by atoms with Crippen molar-refractivity contribution < 1.29 is 24.2 Å². The number of rotatable bonds is 3. The average molecular weight is 333 g/mol. The van der Waals surface area contributed by atoms with Gasteiger partial charge >= 0.3 is 5.97 Å². The second-order valence-corrected chi connectivity index (χ2v) is 7.01. The fraction of sp³-hybridized carbons (Fsp3) is 0.556. The van der Waals surface area contributed by atoms with Crippen LogP contribution in [0.3, 0.4) is 0 Å². The Bertz CT molecular complexity index is 644. The van der Waals surface area contributed by atoms with E-state index in [1.807, 2.05) is 30.3 Å². The van der Waals surface area contributed by atoms with Gasteiger partial charge in [-0.25, -0.2) is 4.79 Å². The zero-order chi connectivity index (χ0) is 17.5. The maximum absolute atomic E-state index is 13.2. The van der Waals surface area contributed by atoms with Crippen molar-refractivity contribution in [2.75, 3.05) is 6.54 Å². The molecular formula is C18H23NO5.